The van der Waals surface area contributed by atoms with E-state index in [1.54, 1.807) is 0 Å². The van der Waals surface area contributed by atoms with Crippen molar-refractivity contribution in [2.24, 2.45) is 23.2 Å². The first kappa shape index (κ1) is 14.4. The van der Waals surface area contributed by atoms with E-state index in [9.17, 15) is 4.79 Å². The van der Waals surface area contributed by atoms with Gasteiger partial charge in [-0.2, -0.15) is 0 Å². The van der Waals surface area contributed by atoms with Crippen LogP contribution in [0, 0.1) is 23.2 Å². The second-order valence-electron chi connectivity index (χ2n) is 8.67. The third kappa shape index (κ3) is 2.19. The lowest BCUT2D eigenvalue weighted by Crippen LogP contribution is -2.61. The van der Waals surface area contributed by atoms with Gasteiger partial charge in [-0.05, 0) is 63.2 Å². The van der Waals surface area contributed by atoms with Gasteiger partial charge in [0.25, 0.3) is 0 Å². The van der Waals surface area contributed by atoms with Crippen LogP contribution in [0.4, 0.5) is 0 Å². The summed E-state index contributed by atoms with van der Waals surface area (Å²) < 4.78 is 0. The van der Waals surface area contributed by atoms with Crippen LogP contribution >= 0.6 is 0 Å². The van der Waals surface area contributed by atoms with Crippen molar-refractivity contribution in [3.05, 3.63) is 0 Å². The summed E-state index contributed by atoms with van der Waals surface area (Å²) in [6.45, 7) is 9.28. The molecular weight excluding hydrogens is 246 g/mol. The van der Waals surface area contributed by atoms with Crippen LogP contribution in [0.25, 0.3) is 0 Å². The van der Waals surface area contributed by atoms with E-state index in [0.29, 0.717) is 5.91 Å². The zero-order valence-electron chi connectivity index (χ0n) is 13.7. The zero-order valence-corrected chi connectivity index (χ0v) is 13.7. The largest absolute Gasteiger partial charge is 0.337 e. The van der Waals surface area contributed by atoms with Crippen LogP contribution in [-0.2, 0) is 4.79 Å². The van der Waals surface area contributed by atoms with Gasteiger partial charge in [-0.1, -0.05) is 27.2 Å². The van der Waals surface area contributed by atoms with Gasteiger partial charge in [0.15, 0.2) is 0 Å². The van der Waals surface area contributed by atoms with E-state index in [2.05, 4.69) is 32.6 Å². The lowest BCUT2D eigenvalue weighted by molar-refractivity contribution is -0.155. The van der Waals surface area contributed by atoms with Crippen molar-refractivity contribution < 1.29 is 4.79 Å². The average Bonchev–Trinajstić information content (AvgIpc) is 2.36. The molecule has 4 unspecified atom stereocenters. The maximum atomic E-state index is 12.9. The summed E-state index contributed by atoms with van der Waals surface area (Å²) in [5, 5.41) is 0. The van der Waals surface area contributed by atoms with Gasteiger partial charge in [0.05, 0.1) is 0 Å². The summed E-state index contributed by atoms with van der Waals surface area (Å²) in [4.78, 5) is 15.2. The number of carbonyl (C=O) groups is 1. The Bertz CT molecular complexity index is 393. The standard InChI is InChI=1S/C18H31NO/c1-5-19(16(20)17(2,3)4)18-9-8-14-7-6-13(11-18)10-15(14)12-18/h13-15H,5-12H2,1-4H3. The molecule has 3 aliphatic rings. The Morgan fingerprint density at radius 2 is 1.90 bits per heavy atom. The van der Waals surface area contributed by atoms with E-state index < -0.39 is 0 Å². The van der Waals surface area contributed by atoms with E-state index in [1.165, 1.54) is 44.9 Å². The fourth-order valence-electron chi connectivity index (χ4n) is 5.46. The molecule has 0 aromatic rings. The van der Waals surface area contributed by atoms with Gasteiger partial charge in [-0.25, -0.2) is 0 Å². The predicted octanol–water partition coefficient (Wildman–Crippen LogP) is 4.24. The summed E-state index contributed by atoms with van der Waals surface area (Å²) >= 11 is 0. The minimum atomic E-state index is -0.242. The van der Waals surface area contributed by atoms with Gasteiger partial charge in [-0.3, -0.25) is 4.79 Å². The van der Waals surface area contributed by atoms with Crippen molar-refractivity contribution in [2.75, 3.05) is 6.54 Å². The molecule has 114 valence electrons. The number of hydrogen-bond acceptors (Lipinski definition) is 1. The molecule has 3 aliphatic carbocycles. The van der Waals surface area contributed by atoms with Crippen molar-refractivity contribution in [1.29, 1.82) is 0 Å². The molecule has 3 bridgehead atoms. The zero-order chi connectivity index (χ0) is 14.5. The fourth-order valence-corrected chi connectivity index (χ4v) is 5.46. The van der Waals surface area contributed by atoms with Crippen molar-refractivity contribution >= 4 is 5.91 Å². The first-order valence-electron chi connectivity index (χ1n) is 8.68. The SMILES string of the molecule is CCN(C(=O)C(C)(C)C)C12CCC3CCC(CC3C1)C2. The van der Waals surface area contributed by atoms with Crippen molar-refractivity contribution in [2.45, 2.75) is 78.2 Å². The maximum Gasteiger partial charge on any atom is 0.228 e. The maximum absolute atomic E-state index is 12.9. The molecule has 0 spiro atoms. The molecule has 0 aromatic carbocycles. The van der Waals surface area contributed by atoms with Gasteiger partial charge in [0, 0.05) is 17.5 Å². The van der Waals surface area contributed by atoms with Gasteiger partial charge in [0.1, 0.15) is 0 Å². The van der Waals surface area contributed by atoms with E-state index >= 15 is 0 Å². The summed E-state index contributed by atoms with van der Waals surface area (Å²) in [5.41, 5.74) is -0.0300. The molecule has 3 saturated carbocycles. The summed E-state index contributed by atoms with van der Waals surface area (Å²) in [6, 6.07) is 0. The number of amides is 1. The fraction of sp³-hybridized carbons (Fsp3) is 0.944. The second kappa shape index (κ2) is 4.74. The van der Waals surface area contributed by atoms with Crippen LogP contribution in [0.2, 0.25) is 0 Å². The molecule has 2 nitrogen and oxygen atoms in total. The average molecular weight is 277 g/mol. The Hall–Kier alpha value is -0.530. The molecule has 0 N–H and O–H groups in total. The van der Waals surface area contributed by atoms with Gasteiger partial charge >= 0.3 is 0 Å². The highest BCUT2D eigenvalue weighted by Crippen LogP contribution is 2.56. The Balaban J connectivity index is 1.89. The predicted molar refractivity (Wildman–Crippen MR) is 82.4 cm³/mol. The number of rotatable bonds is 2. The van der Waals surface area contributed by atoms with E-state index in [4.69, 9.17) is 0 Å². The number of fused-ring (bicyclic) bond motifs is 2. The van der Waals surface area contributed by atoms with E-state index in [0.717, 1.165) is 24.3 Å². The highest BCUT2D eigenvalue weighted by Gasteiger charge is 2.53. The van der Waals surface area contributed by atoms with Crippen LogP contribution in [-0.4, -0.2) is 22.9 Å². The van der Waals surface area contributed by atoms with Crippen molar-refractivity contribution in [1.82, 2.24) is 4.90 Å². The quantitative estimate of drug-likeness (QED) is 0.739. The molecule has 4 atom stereocenters. The Kier molecular flexibility index (Phi) is 3.42. The Labute approximate surface area is 124 Å². The van der Waals surface area contributed by atoms with Crippen molar-refractivity contribution in [3.8, 4) is 0 Å². The molecule has 1 amide bonds. The molecule has 0 aromatic heterocycles. The van der Waals surface area contributed by atoms with Crippen LogP contribution in [0.5, 0.6) is 0 Å². The summed E-state index contributed by atoms with van der Waals surface area (Å²) in [5.74, 6) is 3.16. The normalized spacial score (nSPS) is 39.7. The minimum absolute atomic E-state index is 0.212. The molecule has 0 heterocycles. The second-order valence-corrected chi connectivity index (χ2v) is 8.67. The van der Waals surface area contributed by atoms with Crippen LogP contribution < -0.4 is 0 Å². The highest BCUT2D eigenvalue weighted by atomic mass is 16.2. The van der Waals surface area contributed by atoms with Gasteiger partial charge in [-0.15, -0.1) is 0 Å². The van der Waals surface area contributed by atoms with Crippen LogP contribution in [0.15, 0.2) is 0 Å². The van der Waals surface area contributed by atoms with Gasteiger partial charge in [0.2, 0.25) is 5.91 Å². The number of hydrogen-bond donors (Lipinski definition) is 0. The molecule has 20 heavy (non-hydrogen) atoms. The molecule has 3 fully saturated rings. The first-order chi connectivity index (χ1) is 9.36. The third-order valence-corrected chi connectivity index (χ3v) is 6.32. The lowest BCUT2D eigenvalue weighted by Gasteiger charge is -2.59. The molecule has 0 radical (unpaired) electrons. The third-order valence-electron chi connectivity index (χ3n) is 6.32. The first-order valence-corrected chi connectivity index (χ1v) is 8.68. The number of carbonyl (C=O) groups excluding carboxylic acids is 1. The topological polar surface area (TPSA) is 20.3 Å². The monoisotopic (exact) mass is 277 g/mol. The van der Waals surface area contributed by atoms with Crippen molar-refractivity contribution in [3.63, 3.8) is 0 Å². The minimum Gasteiger partial charge on any atom is -0.337 e. The number of nitrogens with zero attached hydrogens (tertiary/aromatic N) is 1. The van der Waals surface area contributed by atoms with Crippen LogP contribution in [0.1, 0.15) is 72.6 Å². The Morgan fingerprint density at radius 1 is 1.15 bits per heavy atom. The summed E-state index contributed by atoms with van der Waals surface area (Å²) in [6.07, 6.45) is 9.55. The molecule has 0 aliphatic heterocycles. The van der Waals surface area contributed by atoms with E-state index in [1.807, 2.05) is 0 Å². The smallest absolute Gasteiger partial charge is 0.228 e. The molecule has 2 heteroatoms. The highest BCUT2D eigenvalue weighted by molar-refractivity contribution is 5.82. The van der Waals surface area contributed by atoms with Crippen LogP contribution in [0.3, 0.4) is 0 Å². The summed E-state index contributed by atoms with van der Waals surface area (Å²) in [7, 11) is 0. The lowest BCUT2D eigenvalue weighted by atomic mass is 9.54. The molecular formula is C18H31NO. The Morgan fingerprint density at radius 3 is 2.55 bits per heavy atom. The van der Waals surface area contributed by atoms with E-state index in [-0.39, 0.29) is 11.0 Å². The van der Waals surface area contributed by atoms with Gasteiger partial charge < -0.3 is 4.90 Å². The molecule has 3 rings (SSSR count). The molecule has 0 saturated heterocycles.